The van der Waals surface area contributed by atoms with Crippen molar-refractivity contribution in [2.24, 2.45) is 0 Å². The maximum Gasteiger partial charge on any atom is 2.00 e. The zero-order valence-electron chi connectivity index (χ0n) is 63.7. The molecule has 14 rings (SSSR count). The van der Waals surface area contributed by atoms with Crippen LogP contribution in [0.25, 0.3) is 89.0 Å². The number of hydrogen-bond acceptors (Lipinski definition) is 12. The number of carbonyl (C=O) groups is 6. The summed E-state index contributed by atoms with van der Waals surface area (Å²) in [6.07, 6.45) is 6.43. The Bertz CT molecular complexity index is 4610. The molecule has 0 aliphatic heterocycles. The molecular formula is C98H82Fe2N2O10. The van der Waals surface area contributed by atoms with Gasteiger partial charge in [-0.2, -0.15) is 0 Å². The maximum absolute atomic E-state index is 11.8. The third-order valence-electron chi connectivity index (χ3n) is 18.1. The summed E-state index contributed by atoms with van der Waals surface area (Å²) in [5.41, 5.74) is 24.0. The van der Waals surface area contributed by atoms with Crippen LogP contribution >= 0.6 is 0 Å². The molecule has 0 unspecified atom stereocenters. The number of carboxylic acid groups (broad SMARTS) is 4. The van der Waals surface area contributed by atoms with Crippen LogP contribution in [0.2, 0.25) is 0 Å². The Morgan fingerprint density at radius 2 is 0.330 bits per heavy atom. The summed E-state index contributed by atoms with van der Waals surface area (Å²) in [4.78, 5) is 76.0. The fourth-order valence-corrected chi connectivity index (χ4v) is 12.1. The largest absolute Gasteiger partial charge is 2.00 e. The number of pyridine rings is 2. The minimum Gasteiger partial charge on any atom is -0.545 e. The van der Waals surface area contributed by atoms with Crippen LogP contribution in [0, 0.1) is 55.4 Å². The molecule has 0 aliphatic rings. The van der Waals surface area contributed by atoms with Crippen molar-refractivity contribution in [3.63, 3.8) is 0 Å². The molecule has 14 aromatic rings. The van der Waals surface area contributed by atoms with Crippen molar-refractivity contribution in [1.29, 1.82) is 0 Å². The minimum atomic E-state index is -1.16. The van der Waals surface area contributed by atoms with Gasteiger partial charge in [0.15, 0.2) is 11.6 Å². The van der Waals surface area contributed by atoms with Crippen LogP contribution in [0.1, 0.15) is 121 Å². The summed E-state index contributed by atoms with van der Waals surface area (Å²) >= 11 is 0. The van der Waals surface area contributed by atoms with Crippen LogP contribution in [0.5, 0.6) is 0 Å². The average molecular weight is 1560 g/mol. The first kappa shape index (κ1) is 86.4. The monoisotopic (exact) mass is 1560 g/mol. The molecular weight excluding hydrogens is 1480 g/mol. The van der Waals surface area contributed by atoms with E-state index in [-0.39, 0.29) is 68.0 Å². The standard InChI is InChI=1S/4C21H18O2.2C7H7NO.2Fe/c4*1-14-6-10-16(11-7-14)18-4-3-5-19(20(18)21(22)23)17-12-8-15(2)9-13-17;2*1-6(9)7-2-4-8-5-3-7;;/h4*3-13H,1-2H3,(H,22,23);2*2-5H,1H3;;/q;;;;;;2*+2/p-4. The molecule has 0 saturated carbocycles. The van der Waals surface area contributed by atoms with Gasteiger partial charge in [-0.15, -0.1) is 0 Å². The second kappa shape index (κ2) is 41.7. The molecule has 0 bridgehead atoms. The van der Waals surface area contributed by atoms with Gasteiger partial charge in [0, 0.05) is 58.2 Å². The third kappa shape index (κ3) is 23.6. The second-order valence-corrected chi connectivity index (χ2v) is 26.6. The van der Waals surface area contributed by atoms with Crippen molar-refractivity contribution in [1.82, 2.24) is 9.97 Å². The Kier molecular flexibility index (Phi) is 32.2. The van der Waals surface area contributed by atoms with E-state index in [2.05, 4.69) is 9.97 Å². The maximum atomic E-state index is 11.8. The number of benzene rings is 12. The summed E-state index contributed by atoms with van der Waals surface area (Å²) in [6, 6.07) is 91.7. The van der Waals surface area contributed by atoms with Gasteiger partial charge in [0.25, 0.3) is 0 Å². The number of rotatable bonds is 14. The molecule has 0 atom stereocenters. The summed E-state index contributed by atoms with van der Waals surface area (Å²) in [6.45, 7) is 19.1. The number of aromatic carboxylic acids is 4. The van der Waals surface area contributed by atoms with E-state index >= 15 is 0 Å². The van der Waals surface area contributed by atoms with E-state index in [0.717, 1.165) is 89.0 Å². The van der Waals surface area contributed by atoms with Crippen LogP contribution < -0.4 is 20.4 Å². The van der Waals surface area contributed by atoms with E-state index in [1.807, 2.05) is 322 Å². The molecule has 0 aliphatic carbocycles. The SMILES string of the molecule is CC(=O)c1ccncc1.CC(=O)c1ccncc1.Cc1ccc(-c2cccc(-c3ccc(C)cc3)c2C(=O)[O-])cc1.Cc1ccc(-c2cccc(-c3ccc(C)cc3)c2C(=O)[O-])cc1.Cc1ccc(-c2cccc(-c3ccc(C)cc3)c2C(=O)[O-])cc1.Cc1ccc(-c2cccc(-c3ccc(C)cc3)c2C(=O)[O-])cc1.[Fe+2].[Fe+2]. The van der Waals surface area contributed by atoms with Gasteiger partial charge in [0.2, 0.25) is 0 Å². The Balaban J connectivity index is 0.000000192. The summed E-state index contributed by atoms with van der Waals surface area (Å²) in [5.74, 6) is -4.46. The third-order valence-corrected chi connectivity index (χ3v) is 18.1. The molecule has 0 fully saturated rings. The summed E-state index contributed by atoms with van der Waals surface area (Å²) in [5, 5.41) is 47.2. The Hall–Kier alpha value is -12.8. The fraction of sp³-hybridized carbons (Fsp3) is 0.102. The van der Waals surface area contributed by atoms with Gasteiger partial charge >= 0.3 is 34.1 Å². The van der Waals surface area contributed by atoms with Gasteiger partial charge < -0.3 is 39.6 Å². The summed E-state index contributed by atoms with van der Waals surface area (Å²) in [7, 11) is 0. The summed E-state index contributed by atoms with van der Waals surface area (Å²) < 4.78 is 0. The smallest absolute Gasteiger partial charge is 0.545 e. The van der Waals surface area contributed by atoms with E-state index in [1.54, 1.807) is 49.1 Å². The number of hydrogen-bond donors (Lipinski definition) is 0. The van der Waals surface area contributed by atoms with Gasteiger partial charge in [0.1, 0.15) is 0 Å². The zero-order chi connectivity index (χ0) is 79.0. The molecule has 12 nitrogen and oxygen atoms in total. The van der Waals surface area contributed by atoms with Gasteiger partial charge in [-0.05, 0) is 183 Å². The van der Waals surface area contributed by atoms with Crippen molar-refractivity contribution < 1.29 is 83.3 Å². The van der Waals surface area contributed by atoms with Crippen molar-refractivity contribution in [2.45, 2.75) is 69.2 Å². The quantitative estimate of drug-likeness (QED) is 0.0733. The van der Waals surface area contributed by atoms with E-state index in [9.17, 15) is 49.2 Å². The molecule has 560 valence electrons. The predicted molar refractivity (Wildman–Crippen MR) is 433 cm³/mol. The molecule has 14 heteroatoms. The van der Waals surface area contributed by atoms with E-state index < -0.39 is 23.9 Å². The molecule has 12 aromatic carbocycles. The molecule has 0 saturated heterocycles. The van der Waals surface area contributed by atoms with Crippen molar-refractivity contribution >= 4 is 35.4 Å². The molecule has 0 N–H and O–H groups in total. The topological polar surface area (TPSA) is 220 Å². The number of aryl methyl sites for hydroxylation is 8. The van der Waals surface area contributed by atoms with Crippen molar-refractivity contribution in [3.05, 3.63) is 394 Å². The molecule has 0 radical (unpaired) electrons. The number of Topliss-reactive ketones (excluding diaryl/α,β-unsaturated/α-hetero) is 2. The molecule has 2 heterocycles. The van der Waals surface area contributed by atoms with Gasteiger partial charge in [-0.1, -0.05) is 311 Å². The van der Waals surface area contributed by atoms with Gasteiger partial charge in [0.05, 0.1) is 23.9 Å². The van der Waals surface area contributed by atoms with Crippen LogP contribution in [-0.4, -0.2) is 45.4 Å². The average Bonchev–Trinajstić information content (AvgIpc) is 0.807. The first-order valence-corrected chi connectivity index (χ1v) is 35.6. The first-order valence-electron chi connectivity index (χ1n) is 35.6. The zero-order valence-corrected chi connectivity index (χ0v) is 65.9. The molecule has 2 aromatic heterocycles. The van der Waals surface area contributed by atoms with Gasteiger partial charge in [-0.3, -0.25) is 19.6 Å². The van der Waals surface area contributed by atoms with Gasteiger partial charge in [-0.25, -0.2) is 0 Å². The van der Waals surface area contributed by atoms with Crippen LogP contribution in [0.4, 0.5) is 0 Å². The van der Waals surface area contributed by atoms with Crippen LogP contribution in [0.3, 0.4) is 0 Å². The fourth-order valence-electron chi connectivity index (χ4n) is 12.1. The predicted octanol–water partition coefficient (Wildman–Crippen LogP) is 18.6. The van der Waals surface area contributed by atoms with Crippen LogP contribution in [-0.2, 0) is 34.1 Å². The van der Waals surface area contributed by atoms with E-state index in [1.165, 1.54) is 13.8 Å². The van der Waals surface area contributed by atoms with E-state index in [0.29, 0.717) is 55.6 Å². The van der Waals surface area contributed by atoms with Crippen molar-refractivity contribution in [2.75, 3.05) is 0 Å². The van der Waals surface area contributed by atoms with Crippen LogP contribution in [0.15, 0.2) is 316 Å². The second-order valence-electron chi connectivity index (χ2n) is 26.6. The first-order chi connectivity index (χ1) is 52.8. The van der Waals surface area contributed by atoms with Crippen molar-refractivity contribution in [3.8, 4) is 89.0 Å². The van der Waals surface area contributed by atoms with E-state index in [4.69, 9.17) is 0 Å². The number of carboxylic acids is 4. The molecule has 0 spiro atoms. The molecule has 0 amide bonds. The molecule has 112 heavy (non-hydrogen) atoms. The Morgan fingerprint density at radius 1 is 0.205 bits per heavy atom. The minimum absolute atomic E-state index is 0. The number of aromatic nitrogens is 2. The number of nitrogens with zero attached hydrogens (tertiary/aromatic N) is 2. The Morgan fingerprint density at radius 3 is 0.429 bits per heavy atom. The number of ketones is 2. The number of carbonyl (C=O) groups excluding carboxylic acids is 6. The normalized spacial score (nSPS) is 10.1. The Labute approximate surface area is 676 Å².